The van der Waals surface area contributed by atoms with Gasteiger partial charge in [0.2, 0.25) is 0 Å². The number of carbonyl (C=O) groups is 1. The molecule has 2 rings (SSSR count). The van der Waals surface area contributed by atoms with Gasteiger partial charge in [0.1, 0.15) is 11.7 Å². The molecular formula is C11H13NO3. The van der Waals surface area contributed by atoms with E-state index in [-0.39, 0.29) is 0 Å². The molecule has 80 valence electrons. The molecule has 0 fully saturated rings. The molecular weight excluding hydrogens is 194 g/mol. The third-order valence-corrected chi connectivity index (χ3v) is 2.78. The second kappa shape index (κ2) is 3.46. The molecule has 4 nitrogen and oxygen atoms in total. The third-order valence-electron chi connectivity index (χ3n) is 2.78. The van der Waals surface area contributed by atoms with E-state index in [4.69, 9.17) is 9.84 Å². The highest BCUT2D eigenvalue weighted by Gasteiger charge is 2.34. The molecule has 1 aliphatic heterocycles. The van der Waals surface area contributed by atoms with Gasteiger partial charge in [0.15, 0.2) is 0 Å². The zero-order valence-electron chi connectivity index (χ0n) is 8.73. The van der Waals surface area contributed by atoms with Gasteiger partial charge in [-0.3, -0.25) is 4.79 Å². The van der Waals surface area contributed by atoms with Crippen LogP contribution in [0.3, 0.4) is 0 Å². The van der Waals surface area contributed by atoms with Crippen LogP contribution in [0.5, 0.6) is 5.75 Å². The fourth-order valence-corrected chi connectivity index (χ4v) is 2.06. The van der Waals surface area contributed by atoms with Crippen LogP contribution in [-0.2, 0) is 4.79 Å². The Labute approximate surface area is 88.1 Å². The van der Waals surface area contributed by atoms with E-state index in [0.717, 1.165) is 11.3 Å². The topological polar surface area (TPSA) is 49.8 Å². The molecule has 4 heteroatoms. The van der Waals surface area contributed by atoms with E-state index in [0.29, 0.717) is 12.3 Å². The number of carboxylic acids is 1. The minimum atomic E-state index is -0.801. The lowest BCUT2D eigenvalue weighted by molar-refractivity contribution is -0.138. The zero-order chi connectivity index (χ0) is 11.0. The van der Waals surface area contributed by atoms with Crippen LogP contribution in [0.1, 0.15) is 11.5 Å². The summed E-state index contributed by atoms with van der Waals surface area (Å²) in [7, 11) is 3.45. The summed E-state index contributed by atoms with van der Waals surface area (Å²) in [5, 5.41) is 9.12. The first kappa shape index (κ1) is 9.83. The number of likely N-dealkylation sites (N-methyl/N-ethyl adjacent to an activating group) is 1. The average Bonchev–Trinajstić information content (AvgIpc) is 2.56. The minimum Gasteiger partial charge on any atom is -0.496 e. The second-order valence-electron chi connectivity index (χ2n) is 3.66. The summed E-state index contributed by atoms with van der Waals surface area (Å²) in [6.45, 7) is 0.505. The van der Waals surface area contributed by atoms with Crippen LogP contribution in [0.4, 0.5) is 5.69 Å². The molecule has 1 aromatic carbocycles. The van der Waals surface area contributed by atoms with Crippen molar-refractivity contribution in [1.82, 2.24) is 0 Å². The van der Waals surface area contributed by atoms with E-state index in [2.05, 4.69) is 0 Å². The molecule has 0 amide bonds. The SMILES string of the molecule is COc1cccc2c1C(C(=O)O)CN2C. The van der Waals surface area contributed by atoms with Crippen molar-refractivity contribution in [1.29, 1.82) is 0 Å². The first-order valence-corrected chi connectivity index (χ1v) is 4.76. The molecule has 0 radical (unpaired) electrons. The Kier molecular flexibility index (Phi) is 2.26. The van der Waals surface area contributed by atoms with Gasteiger partial charge in [0.05, 0.1) is 7.11 Å². The summed E-state index contributed by atoms with van der Waals surface area (Å²) in [4.78, 5) is 13.0. The van der Waals surface area contributed by atoms with E-state index in [1.165, 1.54) is 0 Å². The Balaban J connectivity index is 2.56. The Morgan fingerprint density at radius 3 is 2.93 bits per heavy atom. The smallest absolute Gasteiger partial charge is 0.313 e. The number of ether oxygens (including phenoxy) is 1. The Morgan fingerprint density at radius 1 is 1.60 bits per heavy atom. The number of carboxylic acid groups (broad SMARTS) is 1. The number of benzene rings is 1. The fraction of sp³-hybridized carbons (Fsp3) is 0.364. The van der Waals surface area contributed by atoms with Gasteiger partial charge in [-0.25, -0.2) is 0 Å². The molecule has 15 heavy (non-hydrogen) atoms. The third kappa shape index (κ3) is 1.42. The van der Waals surface area contributed by atoms with E-state index in [1.54, 1.807) is 13.2 Å². The Bertz CT molecular complexity index is 403. The monoisotopic (exact) mass is 207 g/mol. The summed E-state index contributed by atoms with van der Waals surface area (Å²) >= 11 is 0. The normalized spacial score (nSPS) is 18.8. The van der Waals surface area contributed by atoms with Crippen LogP contribution in [0.15, 0.2) is 18.2 Å². The molecule has 0 spiro atoms. The number of aliphatic carboxylic acids is 1. The van der Waals surface area contributed by atoms with Crippen LogP contribution in [0.25, 0.3) is 0 Å². The Hall–Kier alpha value is -1.71. The molecule has 1 N–H and O–H groups in total. The first-order valence-electron chi connectivity index (χ1n) is 4.76. The van der Waals surface area contributed by atoms with Crippen LogP contribution >= 0.6 is 0 Å². The summed E-state index contributed by atoms with van der Waals surface area (Å²) in [5.41, 5.74) is 1.73. The summed E-state index contributed by atoms with van der Waals surface area (Å²) in [6.07, 6.45) is 0. The van der Waals surface area contributed by atoms with Gasteiger partial charge in [-0.1, -0.05) is 6.07 Å². The van der Waals surface area contributed by atoms with Gasteiger partial charge in [-0.05, 0) is 12.1 Å². The highest BCUT2D eigenvalue weighted by molar-refractivity contribution is 5.84. The van der Waals surface area contributed by atoms with Crippen molar-refractivity contribution in [2.45, 2.75) is 5.92 Å². The van der Waals surface area contributed by atoms with Crippen LogP contribution in [-0.4, -0.2) is 31.8 Å². The van der Waals surface area contributed by atoms with Gasteiger partial charge in [0, 0.05) is 24.8 Å². The predicted octanol–water partition coefficient (Wildman–Crippen LogP) is 1.31. The number of anilines is 1. The van der Waals surface area contributed by atoms with Gasteiger partial charge >= 0.3 is 5.97 Å². The molecule has 1 aromatic rings. The number of hydrogen-bond donors (Lipinski definition) is 1. The highest BCUT2D eigenvalue weighted by Crippen LogP contribution is 2.41. The highest BCUT2D eigenvalue weighted by atomic mass is 16.5. The molecule has 1 unspecified atom stereocenters. The maximum absolute atomic E-state index is 11.1. The molecule has 1 atom stereocenters. The minimum absolute atomic E-state index is 0.485. The van der Waals surface area contributed by atoms with Crippen molar-refractivity contribution < 1.29 is 14.6 Å². The van der Waals surface area contributed by atoms with E-state index >= 15 is 0 Å². The summed E-state index contributed by atoms with van der Waals surface area (Å²) < 4.78 is 5.20. The lowest BCUT2D eigenvalue weighted by Gasteiger charge is -2.11. The van der Waals surface area contributed by atoms with Crippen molar-refractivity contribution in [2.24, 2.45) is 0 Å². The first-order chi connectivity index (χ1) is 7.15. The van der Waals surface area contributed by atoms with Gasteiger partial charge in [-0.2, -0.15) is 0 Å². The zero-order valence-corrected chi connectivity index (χ0v) is 8.73. The molecule has 0 aliphatic carbocycles. The number of hydrogen-bond acceptors (Lipinski definition) is 3. The molecule has 0 saturated carbocycles. The van der Waals surface area contributed by atoms with E-state index < -0.39 is 11.9 Å². The van der Waals surface area contributed by atoms with Crippen LogP contribution in [0.2, 0.25) is 0 Å². The fourth-order valence-electron chi connectivity index (χ4n) is 2.06. The summed E-state index contributed by atoms with van der Waals surface area (Å²) in [5.74, 6) is -0.629. The van der Waals surface area contributed by atoms with E-state index in [1.807, 2.05) is 24.1 Å². The number of fused-ring (bicyclic) bond motifs is 1. The number of nitrogens with zero attached hydrogens (tertiary/aromatic N) is 1. The molecule has 0 bridgehead atoms. The molecule has 1 heterocycles. The molecule has 0 aromatic heterocycles. The van der Waals surface area contributed by atoms with E-state index in [9.17, 15) is 4.79 Å². The quantitative estimate of drug-likeness (QED) is 0.794. The Morgan fingerprint density at radius 2 is 2.33 bits per heavy atom. The summed E-state index contributed by atoms with van der Waals surface area (Å²) in [6, 6.07) is 5.59. The van der Waals surface area contributed by atoms with Crippen molar-refractivity contribution in [3.8, 4) is 5.75 Å². The largest absolute Gasteiger partial charge is 0.496 e. The van der Waals surface area contributed by atoms with Gasteiger partial charge < -0.3 is 14.7 Å². The second-order valence-corrected chi connectivity index (χ2v) is 3.66. The van der Waals surface area contributed by atoms with Crippen LogP contribution in [0, 0.1) is 0 Å². The van der Waals surface area contributed by atoms with Crippen molar-refractivity contribution >= 4 is 11.7 Å². The molecule has 1 aliphatic rings. The van der Waals surface area contributed by atoms with Crippen molar-refractivity contribution in [2.75, 3.05) is 25.6 Å². The standard InChI is InChI=1S/C11H13NO3/c1-12-6-7(11(13)14)10-8(12)4-3-5-9(10)15-2/h3-5,7H,6H2,1-2H3,(H,13,14). The maximum atomic E-state index is 11.1. The van der Waals surface area contributed by atoms with Crippen molar-refractivity contribution in [3.63, 3.8) is 0 Å². The maximum Gasteiger partial charge on any atom is 0.313 e. The lowest BCUT2D eigenvalue weighted by Crippen LogP contribution is -2.20. The lowest BCUT2D eigenvalue weighted by atomic mass is 10.0. The average molecular weight is 207 g/mol. The van der Waals surface area contributed by atoms with Gasteiger partial charge in [-0.15, -0.1) is 0 Å². The number of rotatable bonds is 2. The van der Waals surface area contributed by atoms with Gasteiger partial charge in [0.25, 0.3) is 0 Å². The van der Waals surface area contributed by atoms with Crippen LogP contribution < -0.4 is 9.64 Å². The molecule has 0 saturated heterocycles. The predicted molar refractivity (Wildman–Crippen MR) is 56.6 cm³/mol. The van der Waals surface area contributed by atoms with Crippen molar-refractivity contribution in [3.05, 3.63) is 23.8 Å². The number of methoxy groups -OCH3 is 1.